The van der Waals surface area contributed by atoms with E-state index in [1.54, 1.807) is 13.0 Å². The molecule has 0 bridgehead atoms. The van der Waals surface area contributed by atoms with Crippen LogP contribution >= 0.6 is 15.9 Å². The summed E-state index contributed by atoms with van der Waals surface area (Å²) in [6.45, 7) is 2.28. The van der Waals surface area contributed by atoms with Crippen molar-refractivity contribution in [2.24, 2.45) is 11.1 Å². The second kappa shape index (κ2) is 4.48. The molecular weight excluding hydrogens is 289 g/mol. The van der Waals surface area contributed by atoms with Crippen LogP contribution in [0.2, 0.25) is 0 Å². The van der Waals surface area contributed by atoms with Crippen molar-refractivity contribution in [3.63, 3.8) is 0 Å². The number of rotatable bonds is 2. The molecule has 1 aromatic carbocycles. The molecule has 1 fully saturated rings. The highest BCUT2D eigenvalue weighted by Gasteiger charge is 2.45. The van der Waals surface area contributed by atoms with Gasteiger partial charge in [-0.05, 0) is 25.1 Å². The first kappa shape index (κ1) is 12.7. The highest BCUT2D eigenvalue weighted by molar-refractivity contribution is 9.10. The van der Waals surface area contributed by atoms with E-state index in [1.807, 2.05) is 0 Å². The molecule has 0 aromatic heterocycles. The van der Waals surface area contributed by atoms with Gasteiger partial charge in [0.1, 0.15) is 5.82 Å². The summed E-state index contributed by atoms with van der Waals surface area (Å²) in [6, 6.07) is 3.91. The minimum absolute atomic E-state index is 0.0582. The summed E-state index contributed by atoms with van der Waals surface area (Å²) < 4.78 is 19.5. The largest absolute Gasteiger partial charge is 0.379 e. The van der Waals surface area contributed by atoms with Crippen LogP contribution < -0.4 is 5.73 Å². The Balaban J connectivity index is 2.40. The monoisotopic (exact) mass is 301 g/mol. The Kier molecular flexibility index (Phi) is 3.34. The molecule has 2 rings (SSSR count). The maximum Gasteiger partial charge on any atom is 0.175 e. The van der Waals surface area contributed by atoms with Gasteiger partial charge in [0.05, 0.1) is 24.2 Å². The fraction of sp³-hybridized carbons (Fsp3) is 0.417. The van der Waals surface area contributed by atoms with Gasteiger partial charge in [0, 0.05) is 10.5 Å². The first-order valence-corrected chi connectivity index (χ1v) is 6.07. The van der Waals surface area contributed by atoms with Crippen molar-refractivity contribution in [1.82, 2.24) is 0 Å². The van der Waals surface area contributed by atoms with Crippen LogP contribution in [0.25, 0.3) is 0 Å². The normalized spacial score (nSPS) is 28.4. The molecule has 0 aliphatic carbocycles. The van der Waals surface area contributed by atoms with E-state index in [4.69, 9.17) is 10.5 Å². The minimum Gasteiger partial charge on any atom is -0.379 e. The highest BCUT2D eigenvalue weighted by atomic mass is 79.9. The van der Waals surface area contributed by atoms with Gasteiger partial charge in [0.2, 0.25) is 0 Å². The maximum absolute atomic E-state index is 13.6. The molecule has 0 amide bonds. The number of halogens is 2. The first-order valence-electron chi connectivity index (χ1n) is 5.28. The molecule has 1 aliphatic rings. The third-order valence-electron chi connectivity index (χ3n) is 3.21. The van der Waals surface area contributed by atoms with Crippen LogP contribution in [0, 0.1) is 11.2 Å². The molecule has 0 spiro atoms. The van der Waals surface area contributed by atoms with Gasteiger partial charge in [0.15, 0.2) is 5.78 Å². The second-order valence-corrected chi connectivity index (χ2v) is 5.41. The molecule has 2 N–H and O–H groups in total. The van der Waals surface area contributed by atoms with E-state index in [2.05, 4.69) is 15.9 Å². The van der Waals surface area contributed by atoms with Crippen LogP contribution in [-0.2, 0) is 4.74 Å². The van der Waals surface area contributed by atoms with Crippen molar-refractivity contribution in [3.8, 4) is 0 Å². The molecule has 0 saturated carbocycles. The van der Waals surface area contributed by atoms with Gasteiger partial charge in [-0.15, -0.1) is 0 Å². The molecule has 2 atom stereocenters. The quantitative estimate of drug-likeness (QED) is 0.852. The number of nitrogens with two attached hydrogens (primary N) is 1. The standard InChI is InChI=1S/C12H13BrFNO2/c1-12(6-17-5-10(12)15)11(16)8-4-7(13)2-3-9(8)14/h2-4,10H,5-6,15H2,1H3. The van der Waals surface area contributed by atoms with E-state index < -0.39 is 17.3 Å². The molecule has 92 valence electrons. The molecule has 1 aliphatic heterocycles. The third-order valence-corrected chi connectivity index (χ3v) is 3.70. The van der Waals surface area contributed by atoms with Crippen molar-refractivity contribution in [2.75, 3.05) is 13.2 Å². The summed E-state index contributed by atoms with van der Waals surface area (Å²) in [4.78, 5) is 12.3. The fourth-order valence-corrected chi connectivity index (χ4v) is 2.26. The lowest BCUT2D eigenvalue weighted by atomic mass is 9.78. The van der Waals surface area contributed by atoms with Crippen LogP contribution in [0.5, 0.6) is 0 Å². The molecule has 1 heterocycles. The number of benzene rings is 1. The van der Waals surface area contributed by atoms with Crippen LogP contribution in [0.15, 0.2) is 22.7 Å². The number of carbonyl (C=O) groups excluding carboxylic acids is 1. The van der Waals surface area contributed by atoms with Crippen LogP contribution in [0.4, 0.5) is 4.39 Å². The second-order valence-electron chi connectivity index (χ2n) is 4.49. The van der Waals surface area contributed by atoms with Crippen molar-refractivity contribution in [1.29, 1.82) is 0 Å². The summed E-state index contributed by atoms with van der Waals surface area (Å²) in [7, 11) is 0. The van der Waals surface area contributed by atoms with Crippen molar-refractivity contribution in [2.45, 2.75) is 13.0 Å². The van der Waals surface area contributed by atoms with Crippen LogP contribution in [0.3, 0.4) is 0 Å². The molecule has 2 unspecified atom stereocenters. The van der Waals surface area contributed by atoms with Gasteiger partial charge in [-0.25, -0.2) is 4.39 Å². The molecule has 3 nitrogen and oxygen atoms in total. The van der Waals surface area contributed by atoms with Gasteiger partial charge in [-0.3, -0.25) is 4.79 Å². The average molecular weight is 302 g/mol. The predicted molar refractivity (Wildman–Crippen MR) is 65.3 cm³/mol. The number of ether oxygens (including phenoxy) is 1. The fourth-order valence-electron chi connectivity index (χ4n) is 1.90. The molecule has 1 aromatic rings. The number of ketones is 1. The Morgan fingerprint density at radius 2 is 2.35 bits per heavy atom. The summed E-state index contributed by atoms with van der Waals surface area (Å²) >= 11 is 3.22. The predicted octanol–water partition coefficient (Wildman–Crippen LogP) is 2.13. The average Bonchev–Trinajstić information content (AvgIpc) is 2.63. The Bertz CT molecular complexity index is 466. The lowest BCUT2D eigenvalue weighted by Gasteiger charge is -2.25. The lowest BCUT2D eigenvalue weighted by Crippen LogP contribution is -2.44. The van der Waals surface area contributed by atoms with Crippen molar-refractivity contribution < 1.29 is 13.9 Å². The van der Waals surface area contributed by atoms with Gasteiger partial charge >= 0.3 is 0 Å². The smallest absolute Gasteiger partial charge is 0.175 e. The number of Topliss-reactive ketones (excluding diaryl/α,β-unsaturated/α-hetero) is 1. The van der Waals surface area contributed by atoms with Gasteiger partial charge in [-0.1, -0.05) is 15.9 Å². The first-order chi connectivity index (χ1) is 7.95. The minimum atomic E-state index is -0.846. The Hall–Kier alpha value is -0.780. The van der Waals surface area contributed by atoms with E-state index in [9.17, 15) is 9.18 Å². The van der Waals surface area contributed by atoms with Gasteiger partial charge in [0.25, 0.3) is 0 Å². The molecule has 5 heteroatoms. The van der Waals surface area contributed by atoms with Crippen molar-refractivity contribution >= 4 is 21.7 Å². The van der Waals surface area contributed by atoms with Crippen LogP contribution in [-0.4, -0.2) is 25.0 Å². The van der Waals surface area contributed by atoms with Crippen LogP contribution in [0.1, 0.15) is 17.3 Å². The molecular formula is C12H13BrFNO2. The van der Waals surface area contributed by atoms with E-state index in [1.165, 1.54) is 12.1 Å². The number of hydrogen-bond acceptors (Lipinski definition) is 3. The molecule has 1 saturated heterocycles. The van der Waals surface area contributed by atoms with E-state index >= 15 is 0 Å². The topological polar surface area (TPSA) is 52.3 Å². The summed E-state index contributed by atoms with van der Waals surface area (Å²) in [5.41, 5.74) is 5.07. The SMILES string of the molecule is CC1(C(=O)c2cc(Br)ccc2F)COCC1N. The molecule has 0 radical (unpaired) electrons. The highest BCUT2D eigenvalue weighted by Crippen LogP contribution is 2.32. The van der Waals surface area contributed by atoms with Crippen molar-refractivity contribution in [3.05, 3.63) is 34.1 Å². The Morgan fingerprint density at radius 3 is 2.94 bits per heavy atom. The van der Waals surface area contributed by atoms with E-state index in [0.717, 1.165) is 0 Å². The Morgan fingerprint density at radius 1 is 1.65 bits per heavy atom. The van der Waals surface area contributed by atoms with E-state index in [0.29, 0.717) is 11.1 Å². The zero-order valence-corrected chi connectivity index (χ0v) is 11.0. The summed E-state index contributed by atoms with van der Waals surface area (Å²) in [5.74, 6) is -0.833. The zero-order chi connectivity index (χ0) is 12.6. The number of carbonyl (C=O) groups is 1. The lowest BCUT2D eigenvalue weighted by molar-refractivity contribution is 0.0763. The summed E-state index contributed by atoms with van der Waals surface area (Å²) in [5, 5.41) is 0. The zero-order valence-electron chi connectivity index (χ0n) is 9.37. The van der Waals surface area contributed by atoms with Gasteiger partial charge < -0.3 is 10.5 Å². The third kappa shape index (κ3) is 2.14. The van der Waals surface area contributed by atoms with Gasteiger partial charge in [-0.2, -0.15) is 0 Å². The maximum atomic E-state index is 13.6. The Labute approximate surface area is 107 Å². The number of hydrogen-bond donors (Lipinski definition) is 1. The molecule has 17 heavy (non-hydrogen) atoms. The van der Waals surface area contributed by atoms with E-state index in [-0.39, 0.29) is 18.0 Å². The summed E-state index contributed by atoms with van der Waals surface area (Å²) in [6.07, 6.45) is 0.